The van der Waals surface area contributed by atoms with Gasteiger partial charge in [-0.1, -0.05) is 54.6 Å². The number of nitrogens with zero attached hydrogens (tertiary/aromatic N) is 1. The molecule has 0 saturated carbocycles. The minimum absolute atomic E-state index is 0.0552. The maximum atomic E-state index is 14.3. The van der Waals surface area contributed by atoms with Crippen LogP contribution in [0, 0.1) is 5.82 Å². The van der Waals surface area contributed by atoms with Gasteiger partial charge in [0.2, 0.25) is 5.90 Å². The Labute approximate surface area is 256 Å². The maximum Gasteiger partial charge on any atom is 0.266 e. The van der Waals surface area contributed by atoms with Crippen molar-refractivity contribution in [1.82, 2.24) is 10.9 Å². The molecule has 8 nitrogen and oxygen atoms in total. The van der Waals surface area contributed by atoms with Crippen LogP contribution in [0.15, 0.2) is 108 Å². The van der Waals surface area contributed by atoms with Crippen LogP contribution in [0.3, 0.4) is 0 Å². The summed E-state index contributed by atoms with van der Waals surface area (Å²) in [5.74, 6) is 0.939. The van der Waals surface area contributed by atoms with Crippen molar-refractivity contribution in [3.8, 4) is 11.5 Å². The highest BCUT2D eigenvalue weighted by molar-refractivity contribution is 6.01. The molecule has 0 bridgehead atoms. The number of methoxy groups -OCH3 is 1. The van der Waals surface area contributed by atoms with Crippen molar-refractivity contribution in [2.24, 2.45) is 4.99 Å². The summed E-state index contributed by atoms with van der Waals surface area (Å²) in [5.41, 5.74) is 7.65. The fourth-order valence-corrected chi connectivity index (χ4v) is 5.14. The molecule has 1 aliphatic rings. The van der Waals surface area contributed by atoms with Crippen LogP contribution in [-0.2, 0) is 22.4 Å². The maximum absolute atomic E-state index is 14.3. The Morgan fingerprint density at radius 3 is 2.48 bits per heavy atom. The van der Waals surface area contributed by atoms with E-state index in [2.05, 4.69) is 10.9 Å². The largest absolute Gasteiger partial charge is 0.497 e. The SMILES string of the molecule is COc1cccc([C@@H]2OC(c3ccc(OCCCO)cc3)=N[C@]2(Cc2ccccc2)C(=O)NNCCc2cccc(F)c2)c1. The zero-order valence-electron chi connectivity index (χ0n) is 24.5. The minimum atomic E-state index is -1.38. The lowest BCUT2D eigenvalue weighted by Gasteiger charge is -2.31. The highest BCUT2D eigenvalue weighted by atomic mass is 19.1. The third-order valence-electron chi connectivity index (χ3n) is 7.37. The van der Waals surface area contributed by atoms with Gasteiger partial charge in [-0.15, -0.1) is 0 Å². The van der Waals surface area contributed by atoms with Gasteiger partial charge in [0.1, 0.15) is 17.3 Å². The number of nitrogens with one attached hydrogen (secondary N) is 2. The molecule has 3 N–H and O–H groups in total. The molecule has 2 atom stereocenters. The molecule has 4 aromatic carbocycles. The van der Waals surface area contributed by atoms with Gasteiger partial charge in [0.15, 0.2) is 11.6 Å². The molecule has 1 heterocycles. The first-order valence-corrected chi connectivity index (χ1v) is 14.6. The number of aliphatic imine (C=N–C) groups is 1. The second-order valence-electron chi connectivity index (χ2n) is 10.5. The summed E-state index contributed by atoms with van der Waals surface area (Å²) in [6.45, 7) is 0.840. The van der Waals surface area contributed by atoms with Gasteiger partial charge in [0, 0.05) is 31.6 Å². The smallest absolute Gasteiger partial charge is 0.266 e. The number of aliphatic hydroxyl groups excluding tert-OH is 1. The fourth-order valence-electron chi connectivity index (χ4n) is 5.14. The summed E-state index contributed by atoms with van der Waals surface area (Å²) in [6, 6.07) is 30.8. The van der Waals surface area contributed by atoms with Gasteiger partial charge in [0.25, 0.3) is 5.91 Å². The first-order chi connectivity index (χ1) is 21.5. The van der Waals surface area contributed by atoms with Crippen LogP contribution in [0.4, 0.5) is 4.39 Å². The van der Waals surface area contributed by atoms with E-state index in [1.165, 1.54) is 12.1 Å². The highest BCUT2D eigenvalue weighted by Gasteiger charge is 2.53. The Balaban J connectivity index is 1.47. The van der Waals surface area contributed by atoms with Crippen LogP contribution in [0.2, 0.25) is 0 Å². The van der Waals surface area contributed by atoms with E-state index in [-0.39, 0.29) is 24.8 Å². The molecule has 0 fully saturated rings. The number of hydrogen-bond acceptors (Lipinski definition) is 7. The van der Waals surface area contributed by atoms with Crippen molar-refractivity contribution >= 4 is 11.8 Å². The molecule has 1 amide bonds. The van der Waals surface area contributed by atoms with E-state index >= 15 is 0 Å². The number of carbonyl (C=O) groups excluding carboxylic acids is 1. The Bertz CT molecular complexity index is 1560. The zero-order chi connectivity index (χ0) is 30.8. The van der Waals surface area contributed by atoms with Crippen LogP contribution >= 0.6 is 0 Å². The average molecular weight is 598 g/mol. The van der Waals surface area contributed by atoms with E-state index in [9.17, 15) is 9.18 Å². The third kappa shape index (κ3) is 7.42. The number of carbonyl (C=O) groups is 1. The molecule has 1 aliphatic heterocycles. The van der Waals surface area contributed by atoms with Gasteiger partial charge >= 0.3 is 0 Å². The minimum Gasteiger partial charge on any atom is -0.497 e. The molecule has 0 aromatic heterocycles. The van der Waals surface area contributed by atoms with E-state index in [4.69, 9.17) is 24.3 Å². The molecular formula is C35H36FN3O5. The summed E-state index contributed by atoms with van der Waals surface area (Å²) in [7, 11) is 1.59. The van der Waals surface area contributed by atoms with E-state index in [0.29, 0.717) is 49.0 Å². The number of benzene rings is 4. The van der Waals surface area contributed by atoms with E-state index < -0.39 is 11.6 Å². The van der Waals surface area contributed by atoms with Crippen molar-refractivity contribution in [3.63, 3.8) is 0 Å². The average Bonchev–Trinajstić information content (AvgIpc) is 3.44. The standard InChI is InChI=1S/C35H36FN3O5/c1-42-31-13-6-11-28(23-31)32-35(24-26-8-3-2-4-9-26,34(41)39-37-19-18-25-10-5-12-29(36)22-25)38-33(44-32)27-14-16-30(17-15-27)43-21-7-20-40/h2-6,8-17,22-23,32,37,40H,7,18-21,24H2,1H3,(H,39,41)/t32-,35-/m0/s1. The summed E-state index contributed by atoms with van der Waals surface area (Å²) < 4.78 is 31.4. The second-order valence-corrected chi connectivity index (χ2v) is 10.5. The first-order valence-electron chi connectivity index (χ1n) is 14.6. The number of halogens is 1. The molecule has 0 spiro atoms. The fraction of sp³-hybridized carbons (Fsp3) is 0.257. The van der Waals surface area contributed by atoms with Crippen LogP contribution in [0.25, 0.3) is 0 Å². The highest BCUT2D eigenvalue weighted by Crippen LogP contribution is 2.43. The molecule has 9 heteroatoms. The molecule has 228 valence electrons. The number of aliphatic hydroxyl groups is 1. The quantitative estimate of drug-likeness (QED) is 0.140. The lowest BCUT2D eigenvalue weighted by atomic mass is 9.82. The van der Waals surface area contributed by atoms with Crippen LogP contribution in [-0.4, -0.2) is 49.3 Å². The molecule has 44 heavy (non-hydrogen) atoms. The molecule has 0 aliphatic carbocycles. The topological polar surface area (TPSA) is 101 Å². The molecule has 0 saturated heterocycles. The van der Waals surface area contributed by atoms with Crippen LogP contribution < -0.4 is 20.3 Å². The number of hydrogen-bond donors (Lipinski definition) is 3. The van der Waals surface area contributed by atoms with Crippen molar-refractivity contribution in [3.05, 3.63) is 131 Å². The predicted molar refractivity (Wildman–Crippen MR) is 166 cm³/mol. The molecular weight excluding hydrogens is 561 g/mol. The third-order valence-corrected chi connectivity index (χ3v) is 7.37. The van der Waals surface area contributed by atoms with Gasteiger partial charge in [-0.3, -0.25) is 10.2 Å². The monoisotopic (exact) mass is 597 g/mol. The van der Waals surface area contributed by atoms with Gasteiger partial charge in [-0.2, -0.15) is 0 Å². The van der Waals surface area contributed by atoms with Gasteiger partial charge in [-0.25, -0.2) is 14.8 Å². The normalized spacial score (nSPS) is 17.4. The first kappa shape index (κ1) is 30.7. The second kappa shape index (κ2) is 14.6. The molecule has 5 rings (SSSR count). The Morgan fingerprint density at radius 1 is 0.955 bits per heavy atom. The van der Waals surface area contributed by atoms with Crippen molar-refractivity contribution in [2.45, 2.75) is 30.9 Å². The summed E-state index contributed by atoms with van der Waals surface area (Å²) in [4.78, 5) is 19.3. The van der Waals surface area contributed by atoms with Gasteiger partial charge in [-0.05, 0) is 71.6 Å². The summed E-state index contributed by atoms with van der Waals surface area (Å²) in [5, 5.41) is 9.04. The van der Waals surface area contributed by atoms with Crippen molar-refractivity contribution in [2.75, 3.05) is 26.9 Å². The number of hydrazine groups is 1. The van der Waals surface area contributed by atoms with Crippen LogP contribution in [0.5, 0.6) is 11.5 Å². The number of rotatable bonds is 14. The lowest BCUT2D eigenvalue weighted by Crippen LogP contribution is -2.54. The Morgan fingerprint density at radius 2 is 1.73 bits per heavy atom. The Hall–Kier alpha value is -4.73. The summed E-state index contributed by atoms with van der Waals surface area (Å²) >= 11 is 0. The Kier molecular flexibility index (Phi) is 10.2. The lowest BCUT2D eigenvalue weighted by molar-refractivity contribution is -0.130. The molecule has 0 radical (unpaired) electrons. The van der Waals surface area contributed by atoms with Crippen molar-refractivity contribution < 1.29 is 28.5 Å². The molecule has 0 unspecified atom stereocenters. The number of amides is 1. The number of ether oxygens (including phenoxy) is 3. The van der Waals surface area contributed by atoms with Gasteiger partial charge < -0.3 is 19.3 Å². The predicted octanol–water partition coefficient (Wildman–Crippen LogP) is 4.96. The van der Waals surface area contributed by atoms with Crippen molar-refractivity contribution in [1.29, 1.82) is 0 Å². The van der Waals surface area contributed by atoms with Gasteiger partial charge in [0.05, 0.1) is 13.7 Å². The van der Waals surface area contributed by atoms with E-state index in [1.54, 1.807) is 13.2 Å². The van der Waals surface area contributed by atoms with E-state index in [1.807, 2.05) is 84.9 Å². The van der Waals surface area contributed by atoms with E-state index in [0.717, 1.165) is 16.7 Å². The van der Waals surface area contributed by atoms with Crippen LogP contribution in [0.1, 0.15) is 34.8 Å². The summed E-state index contributed by atoms with van der Waals surface area (Å²) in [6.07, 6.45) is 0.533. The zero-order valence-corrected chi connectivity index (χ0v) is 24.5. The molecule has 4 aromatic rings.